The summed E-state index contributed by atoms with van der Waals surface area (Å²) >= 11 is 0. The second-order valence-electron chi connectivity index (χ2n) is 7.06. The van der Waals surface area contributed by atoms with Crippen LogP contribution in [0.2, 0.25) is 0 Å². The molecule has 2 saturated heterocycles. The van der Waals surface area contributed by atoms with Crippen LogP contribution in [0.1, 0.15) is 17.9 Å². The van der Waals surface area contributed by atoms with E-state index in [0.29, 0.717) is 0 Å². The molecular weight excluding hydrogens is 322 g/mol. The molecule has 2 fully saturated rings. The van der Waals surface area contributed by atoms with Crippen LogP contribution < -0.4 is 15.8 Å². The van der Waals surface area contributed by atoms with E-state index in [1.807, 2.05) is 30.3 Å². The summed E-state index contributed by atoms with van der Waals surface area (Å²) in [6, 6.07) is 24.7. The number of hydrogen-bond acceptors (Lipinski definition) is 3. The van der Waals surface area contributed by atoms with Crippen molar-refractivity contribution in [3.8, 4) is 0 Å². The third kappa shape index (κ3) is 2.42. The number of nitrogens with zero attached hydrogens (tertiary/aromatic N) is 1. The largest absolute Gasteiger partial charge is 0.300 e. The van der Waals surface area contributed by atoms with Crippen LogP contribution in [0.25, 0.3) is 10.8 Å². The van der Waals surface area contributed by atoms with Gasteiger partial charge in [0.1, 0.15) is 0 Å². The minimum Gasteiger partial charge on any atom is -0.300 e. The average molecular weight is 343 g/mol. The zero-order valence-corrected chi connectivity index (χ0v) is 14.4. The Morgan fingerprint density at radius 1 is 0.885 bits per heavy atom. The van der Waals surface area contributed by atoms with E-state index in [-0.39, 0.29) is 23.9 Å². The number of anilines is 1. The van der Waals surface area contributed by atoms with Gasteiger partial charge >= 0.3 is 0 Å². The van der Waals surface area contributed by atoms with Crippen LogP contribution >= 0.6 is 0 Å². The molecule has 0 spiro atoms. The van der Waals surface area contributed by atoms with Crippen molar-refractivity contribution >= 4 is 22.4 Å². The van der Waals surface area contributed by atoms with Crippen LogP contribution in [-0.4, -0.2) is 18.6 Å². The number of hydrazine groups is 1. The van der Waals surface area contributed by atoms with Crippen molar-refractivity contribution < 1.29 is 4.79 Å². The molecule has 0 saturated carbocycles. The fraction of sp³-hybridized carbons (Fsp3) is 0.227. The highest BCUT2D eigenvalue weighted by Gasteiger charge is 2.47. The number of hydrogen-bond donors (Lipinski definition) is 2. The third-order valence-corrected chi connectivity index (χ3v) is 5.62. The molecule has 0 radical (unpaired) electrons. The van der Waals surface area contributed by atoms with Crippen molar-refractivity contribution in [3.05, 3.63) is 78.4 Å². The highest BCUT2D eigenvalue weighted by molar-refractivity contribution is 5.98. The maximum absolute atomic E-state index is 13.3. The van der Waals surface area contributed by atoms with E-state index in [1.54, 1.807) is 5.01 Å². The molecule has 0 bridgehead atoms. The maximum Gasteiger partial charge on any atom is 0.248 e. The second-order valence-corrected chi connectivity index (χ2v) is 7.06. The van der Waals surface area contributed by atoms with Gasteiger partial charge in [-0.25, -0.2) is 10.4 Å². The minimum absolute atomic E-state index is 0.0274. The summed E-state index contributed by atoms with van der Waals surface area (Å²) < 4.78 is 0. The Balaban J connectivity index is 1.56. The number of nitrogens with one attached hydrogen (secondary N) is 2. The molecule has 2 N–H and O–H groups in total. The van der Waals surface area contributed by atoms with E-state index in [9.17, 15) is 4.79 Å². The molecule has 3 aromatic rings. The van der Waals surface area contributed by atoms with Gasteiger partial charge in [-0.05, 0) is 41.4 Å². The molecule has 130 valence electrons. The van der Waals surface area contributed by atoms with Crippen LogP contribution in [0, 0.1) is 5.92 Å². The normalized spacial score (nSPS) is 25.5. The van der Waals surface area contributed by atoms with E-state index in [2.05, 4.69) is 53.2 Å². The van der Waals surface area contributed by atoms with Crippen molar-refractivity contribution in [2.45, 2.75) is 18.5 Å². The number of carbonyl (C=O) groups excluding carboxylic acids is 1. The summed E-state index contributed by atoms with van der Waals surface area (Å²) in [5, 5.41) is 7.69. The molecule has 0 aliphatic carbocycles. The van der Waals surface area contributed by atoms with Gasteiger partial charge in [0, 0.05) is 5.92 Å². The first-order valence-corrected chi connectivity index (χ1v) is 9.19. The van der Waals surface area contributed by atoms with E-state index in [4.69, 9.17) is 0 Å². The van der Waals surface area contributed by atoms with Gasteiger partial charge in [0.2, 0.25) is 5.91 Å². The molecular formula is C22H21N3O. The SMILES string of the molecule is O=C1C2C(NCCC2c2cccc3ccccc23)NN1c1ccccc1. The number of carbonyl (C=O) groups is 1. The van der Waals surface area contributed by atoms with Gasteiger partial charge in [0.05, 0.1) is 17.8 Å². The predicted octanol–water partition coefficient (Wildman–Crippen LogP) is 3.41. The first-order chi connectivity index (χ1) is 12.8. The summed E-state index contributed by atoms with van der Waals surface area (Å²) in [4.78, 5) is 13.3. The number of amides is 1. The topological polar surface area (TPSA) is 44.4 Å². The van der Waals surface area contributed by atoms with Crippen LogP contribution in [0.3, 0.4) is 0 Å². The summed E-state index contributed by atoms with van der Waals surface area (Å²) in [6.07, 6.45) is 0.936. The molecule has 1 amide bonds. The zero-order valence-electron chi connectivity index (χ0n) is 14.4. The van der Waals surface area contributed by atoms with E-state index >= 15 is 0 Å². The third-order valence-electron chi connectivity index (χ3n) is 5.62. The van der Waals surface area contributed by atoms with Crippen molar-refractivity contribution in [2.24, 2.45) is 5.92 Å². The molecule has 5 rings (SSSR count). The maximum atomic E-state index is 13.3. The number of para-hydroxylation sites is 1. The Labute approximate surface area is 152 Å². The summed E-state index contributed by atoms with van der Waals surface area (Å²) in [7, 11) is 0. The van der Waals surface area contributed by atoms with Gasteiger partial charge in [-0.15, -0.1) is 0 Å². The zero-order chi connectivity index (χ0) is 17.5. The lowest BCUT2D eigenvalue weighted by Gasteiger charge is -2.32. The fourth-order valence-electron chi connectivity index (χ4n) is 4.43. The van der Waals surface area contributed by atoms with Crippen LogP contribution in [-0.2, 0) is 4.79 Å². The molecule has 3 atom stereocenters. The van der Waals surface area contributed by atoms with E-state index in [1.165, 1.54) is 16.3 Å². The van der Waals surface area contributed by atoms with Crippen LogP contribution in [0.4, 0.5) is 5.69 Å². The Morgan fingerprint density at radius 3 is 2.54 bits per heavy atom. The van der Waals surface area contributed by atoms with Gasteiger partial charge in [0.25, 0.3) is 0 Å². The minimum atomic E-state index is -0.102. The lowest BCUT2D eigenvalue weighted by Crippen LogP contribution is -2.50. The van der Waals surface area contributed by atoms with Crippen molar-refractivity contribution in [3.63, 3.8) is 0 Å². The molecule has 2 heterocycles. The molecule has 2 aliphatic heterocycles. The first-order valence-electron chi connectivity index (χ1n) is 9.19. The van der Waals surface area contributed by atoms with Gasteiger partial charge in [-0.1, -0.05) is 60.7 Å². The molecule has 2 aliphatic rings. The van der Waals surface area contributed by atoms with Crippen LogP contribution in [0.5, 0.6) is 0 Å². The summed E-state index contributed by atoms with van der Waals surface area (Å²) in [5.41, 5.74) is 5.56. The Hall–Kier alpha value is -2.69. The Bertz CT molecular complexity index is 951. The molecule has 4 heteroatoms. The Kier molecular flexibility index (Phi) is 3.73. The van der Waals surface area contributed by atoms with Crippen molar-refractivity contribution in [2.75, 3.05) is 11.6 Å². The van der Waals surface area contributed by atoms with Crippen LogP contribution in [0.15, 0.2) is 72.8 Å². The lowest BCUT2D eigenvalue weighted by molar-refractivity contribution is -0.121. The van der Waals surface area contributed by atoms with Crippen molar-refractivity contribution in [1.82, 2.24) is 10.7 Å². The van der Waals surface area contributed by atoms with Gasteiger partial charge in [-0.3, -0.25) is 10.1 Å². The van der Waals surface area contributed by atoms with Gasteiger partial charge in [-0.2, -0.15) is 0 Å². The quantitative estimate of drug-likeness (QED) is 0.749. The molecule has 0 aromatic heterocycles. The Morgan fingerprint density at radius 2 is 1.65 bits per heavy atom. The van der Waals surface area contributed by atoms with Gasteiger partial charge in [0.15, 0.2) is 0 Å². The fourth-order valence-corrected chi connectivity index (χ4v) is 4.43. The second kappa shape index (κ2) is 6.24. The molecule has 3 aromatic carbocycles. The highest BCUT2D eigenvalue weighted by Crippen LogP contribution is 2.40. The van der Waals surface area contributed by atoms with E-state index < -0.39 is 0 Å². The summed E-state index contributed by atoms with van der Waals surface area (Å²) in [6.45, 7) is 0.901. The monoisotopic (exact) mass is 343 g/mol. The number of piperidine rings is 1. The predicted molar refractivity (Wildman–Crippen MR) is 104 cm³/mol. The molecule has 26 heavy (non-hydrogen) atoms. The number of fused-ring (bicyclic) bond motifs is 2. The highest BCUT2D eigenvalue weighted by atomic mass is 16.2. The molecule has 3 unspecified atom stereocenters. The summed E-state index contributed by atoms with van der Waals surface area (Å²) in [5.74, 6) is 0.252. The standard InChI is InChI=1S/C22H21N3O/c26-22-20-19(18-12-6-8-15-7-4-5-11-17(15)18)13-14-23-21(20)24-25(22)16-9-2-1-3-10-16/h1-12,19-21,23-24H,13-14H2. The first kappa shape index (κ1) is 15.6. The van der Waals surface area contributed by atoms with E-state index in [0.717, 1.165) is 18.7 Å². The smallest absolute Gasteiger partial charge is 0.248 e. The number of rotatable bonds is 2. The van der Waals surface area contributed by atoms with Crippen molar-refractivity contribution in [1.29, 1.82) is 0 Å². The molecule has 4 nitrogen and oxygen atoms in total. The lowest BCUT2D eigenvalue weighted by atomic mass is 9.78. The average Bonchev–Trinajstić information content (AvgIpc) is 3.05. The van der Waals surface area contributed by atoms with Gasteiger partial charge < -0.3 is 0 Å². The number of benzene rings is 3.